The number of aromatic nitrogens is 2. The number of benzene rings is 1. The van der Waals surface area contributed by atoms with Crippen LogP contribution in [0.5, 0.6) is 0 Å². The van der Waals surface area contributed by atoms with Crippen molar-refractivity contribution in [2.45, 2.75) is 19.6 Å². The Morgan fingerprint density at radius 2 is 1.96 bits per heavy atom. The first kappa shape index (κ1) is 18.3. The van der Waals surface area contributed by atoms with Gasteiger partial charge >= 0.3 is 0 Å². The van der Waals surface area contributed by atoms with Gasteiger partial charge in [-0.2, -0.15) is 0 Å². The van der Waals surface area contributed by atoms with Crippen molar-refractivity contribution in [1.29, 1.82) is 0 Å². The van der Waals surface area contributed by atoms with E-state index in [-0.39, 0.29) is 11.7 Å². The molecule has 1 amide bonds. The van der Waals surface area contributed by atoms with Crippen LogP contribution in [-0.2, 0) is 15.8 Å². The average molecular weight is 390 g/mol. The van der Waals surface area contributed by atoms with Crippen LogP contribution < -0.4 is 10.5 Å². The molecule has 0 saturated heterocycles. The maximum atomic E-state index is 12.6. The van der Waals surface area contributed by atoms with E-state index in [1.54, 1.807) is 30.5 Å². The molecule has 3 rings (SSSR count). The Labute approximate surface area is 155 Å². The van der Waals surface area contributed by atoms with E-state index < -0.39 is 10.0 Å². The number of carbonyl (C=O) groups excluding carboxylic acids is 1. The number of sulfonamides is 1. The fraction of sp³-hybridized carbons (Fsp3) is 0.176. The second kappa shape index (κ2) is 7.02. The fourth-order valence-corrected chi connectivity index (χ4v) is 4.14. The predicted molar refractivity (Wildman–Crippen MR) is 102 cm³/mol. The minimum Gasteiger partial charge on any atom is -0.322 e. The highest BCUT2D eigenvalue weighted by Gasteiger charge is 2.18. The molecule has 26 heavy (non-hydrogen) atoms. The van der Waals surface area contributed by atoms with Gasteiger partial charge in [0.15, 0.2) is 5.13 Å². The van der Waals surface area contributed by atoms with Gasteiger partial charge in [-0.1, -0.05) is 12.1 Å². The molecule has 9 heteroatoms. The Morgan fingerprint density at radius 1 is 1.27 bits per heavy atom. The van der Waals surface area contributed by atoms with E-state index in [0.717, 1.165) is 16.5 Å². The van der Waals surface area contributed by atoms with Crippen molar-refractivity contribution >= 4 is 33.0 Å². The van der Waals surface area contributed by atoms with Gasteiger partial charge in [-0.15, -0.1) is 11.3 Å². The maximum absolute atomic E-state index is 12.6. The van der Waals surface area contributed by atoms with E-state index in [0.29, 0.717) is 16.8 Å². The van der Waals surface area contributed by atoms with Crippen LogP contribution in [0.1, 0.15) is 27.3 Å². The van der Waals surface area contributed by atoms with E-state index in [1.165, 1.54) is 11.3 Å². The molecule has 0 radical (unpaired) electrons. The summed E-state index contributed by atoms with van der Waals surface area (Å²) in [4.78, 5) is 16.9. The second-order valence-electron chi connectivity index (χ2n) is 5.89. The van der Waals surface area contributed by atoms with Gasteiger partial charge in [0.05, 0.1) is 11.3 Å². The highest BCUT2D eigenvalue weighted by atomic mass is 32.2. The van der Waals surface area contributed by atoms with Crippen LogP contribution >= 0.6 is 11.3 Å². The molecule has 3 aromatic rings. The zero-order valence-electron chi connectivity index (χ0n) is 14.3. The van der Waals surface area contributed by atoms with E-state index in [2.05, 4.69) is 10.3 Å². The van der Waals surface area contributed by atoms with Crippen LogP contribution in [0.15, 0.2) is 41.9 Å². The summed E-state index contributed by atoms with van der Waals surface area (Å²) in [5, 5.41) is 10.6. The smallest absolute Gasteiger partial charge is 0.257 e. The number of amides is 1. The molecule has 0 bridgehead atoms. The topological polar surface area (TPSA) is 107 Å². The Hall–Kier alpha value is -2.49. The number of nitrogens with two attached hydrogens (primary N) is 1. The molecule has 2 aromatic heterocycles. The van der Waals surface area contributed by atoms with Crippen LogP contribution in [0.2, 0.25) is 0 Å². The van der Waals surface area contributed by atoms with Gasteiger partial charge in [0, 0.05) is 28.7 Å². The monoisotopic (exact) mass is 390 g/mol. The van der Waals surface area contributed by atoms with Gasteiger partial charge in [0.2, 0.25) is 10.0 Å². The number of thiazole rings is 1. The van der Waals surface area contributed by atoms with E-state index in [9.17, 15) is 13.2 Å². The molecule has 3 N–H and O–H groups in total. The summed E-state index contributed by atoms with van der Waals surface area (Å²) in [5.41, 5.74) is 3.43. The average Bonchev–Trinajstić information content (AvgIpc) is 3.16. The lowest BCUT2D eigenvalue weighted by molar-refractivity contribution is 0.102. The summed E-state index contributed by atoms with van der Waals surface area (Å²) in [7, 11) is -3.58. The molecule has 0 spiro atoms. The lowest BCUT2D eigenvalue weighted by atomic mass is 10.2. The summed E-state index contributed by atoms with van der Waals surface area (Å²) < 4.78 is 24.2. The van der Waals surface area contributed by atoms with Gasteiger partial charge < -0.3 is 5.32 Å². The van der Waals surface area contributed by atoms with Gasteiger partial charge in [-0.3, -0.25) is 9.36 Å². The van der Waals surface area contributed by atoms with Gasteiger partial charge in [0.1, 0.15) is 0 Å². The number of carbonyl (C=O) groups is 1. The van der Waals surface area contributed by atoms with Crippen LogP contribution in [0, 0.1) is 13.8 Å². The quantitative estimate of drug-likeness (QED) is 0.698. The van der Waals surface area contributed by atoms with Crippen molar-refractivity contribution in [3.05, 3.63) is 64.4 Å². The van der Waals surface area contributed by atoms with E-state index in [4.69, 9.17) is 5.14 Å². The number of rotatable bonds is 5. The van der Waals surface area contributed by atoms with Crippen molar-refractivity contribution in [3.8, 4) is 5.13 Å². The third kappa shape index (κ3) is 4.01. The number of anilines is 1. The number of nitrogens with zero attached hydrogens (tertiary/aromatic N) is 2. The first-order valence-electron chi connectivity index (χ1n) is 7.74. The molecular weight excluding hydrogens is 372 g/mol. The van der Waals surface area contributed by atoms with E-state index >= 15 is 0 Å². The molecule has 0 aliphatic heterocycles. The maximum Gasteiger partial charge on any atom is 0.257 e. The Morgan fingerprint density at radius 3 is 2.54 bits per heavy atom. The highest BCUT2D eigenvalue weighted by Crippen LogP contribution is 2.23. The van der Waals surface area contributed by atoms with Crippen molar-refractivity contribution in [1.82, 2.24) is 9.55 Å². The summed E-state index contributed by atoms with van der Waals surface area (Å²) in [6.07, 6.45) is 1.72. The predicted octanol–water partition coefficient (Wildman–Crippen LogP) is 2.59. The minimum atomic E-state index is -3.58. The molecule has 0 aliphatic rings. The molecule has 0 unspecified atom stereocenters. The summed E-state index contributed by atoms with van der Waals surface area (Å²) in [6, 6.07) is 8.37. The second-order valence-corrected chi connectivity index (χ2v) is 8.38. The van der Waals surface area contributed by atoms with Gasteiger partial charge in [0.25, 0.3) is 5.91 Å². The molecular formula is C17H18N4O3S2. The summed E-state index contributed by atoms with van der Waals surface area (Å²) >= 11 is 1.50. The lowest BCUT2D eigenvalue weighted by Gasteiger charge is -2.08. The summed E-state index contributed by atoms with van der Waals surface area (Å²) in [5.74, 6) is -0.476. The third-order valence-corrected chi connectivity index (χ3v) is 5.36. The number of hydrogen-bond donors (Lipinski definition) is 2. The van der Waals surface area contributed by atoms with E-state index in [1.807, 2.05) is 29.9 Å². The molecule has 2 heterocycles. The number of primary sulfonamides is 1. The summed E-state index contributed by atoms with van der Waals surface area (Å²) in [6.45, 7) is 3.80. The SMILES string of the molecule is Cc1cc(C(=O)Nc2ccc(CS(N)(=O)=O)cc2)c(C)n1-c1nccs1. The lowest BCUT2D eigenvalue weighted by Crippen LogP contribution is -2.15. The third-order valence-electron chi connectivity index (χ3n) is 3.87. The fourth-order valence-electron chi connectivity index (χ4n) is 2.73. The van der Waals surface area contributed by atoms with Crippen molar-refractivity contribution < 1.29 is 13.2 Å². The van der Waals surface area contributed by atoms with Crippen LogP contribution in [0.4, 0.5) is 5.69 Å². The van der Waals surface area contributed by atoms with Crippen LogP contribution in [0.3, 0.4) is 0 Å². The molecule has 0 saturated carbocycles. The number of aryl methyl sites for hydroxylation is 1. The van der Waals surface area contributed by atoms with Gasteiger partial charge in [-0.05, 0) is 37.6 Å². The number of hydrogen-bond acceptors (Lipinski definition) is 5. The first-order chi connectivity index (χ1) is 12.2. The molecule has 136 valence electrons. The first-order valence-corrected chi connectivity index (χ1v) is 10.3. The zero-order chi connectivity index (χ0) is 18.9. The molecule has 0 atom stereocenters. The Balaban J connectivity index is 1.80. The largest absolute Gasteiger partial charge is 0.322 e. The van der Waals surface area contributed by atoms with Crippen molar-refractivity contribution in [3.63, 3.8) is 0 Å². The van der Waals surface area contributed by atoms with Crippen molar-refractivity contribution in [2.75, 3.05) is 5.32 Å². The van der Waals surface area contributed by atoms with Crippen LogP contribution in [0.25, 0.3) is 5.13 Å². The van der Waals surface area contributed by atoms with Gasteiger partial charge in [-0.25, -0.2) is 18.5 Å². The van der Waals surface area contributed by atoms with Crippen LogP contribution in [-0.4, -0.2) is 23.9 Å². The zero-order valence-corrected chi connectivity index (χ0v) is 15.9. The standard InChI is InChI=1S/C17H18N4O3S2/c1-11-9-15(12(2)21(11)17-19-7-8-25-17)16(22)20-14-5-3-13(4-6-14)10-26(18,23)24/h3-9H,10H2,1-2H3,(H,20,22)(H2,18,23,24). The highest BCUT2D eigenvalue weighted by molar-refractivity contribution is 7.88. The Kier molecular flexibility index (Phi) is 4.94. The minimum absolute atomic E-state index is 0.236. The number of nitrogens with one attached hydrogen (secondary N) is 1. The molecule has 1 aromatic carbocycles. The normalized spacial score (nSPS) is 11.5. The molecule has 0 fully saturated rings. The molecule has 0 aliphatic carbocycles. The Bertz CT molecular complexity index is 1040. The molecule has 7 nitrogen and oxygen atoms in total. The van der Waals surface area contributed by atoms with Crippen molar-refractivity contribution in [2.24, 2.45) is 5.14 Å².